The third-order valence-electron chi connectivity index (χ3n) is 1.65. The molecule has 72 valence electrons. The van der Waals surface area contributed by atoms with Crippen molar-refractivity contribution in [1.29, 1.82) is 0 Å². The van der Waals surface area contributed by atoms with Crippen LogP contribution in [0.15, 0.2) is 0 Å². The van der Waals surface area contributed by atoms with E-state index in [1.807, 2.05) is 0 Å². The van der Waals surface area contributed by atoms with E-state index in [9.17, 15) is 4.79 Å². The lowest BCUT2D eigenvalue weighted by Crippen LogP contribution is -2.37. The largest absolute Gasteiger partial charge is 0.481 e. The molecule has 1 atom stereocenters. The zero-order chi connectivity index (χ0) is 9.78. The average Bonchev–Trinajstić information content (AvgIpc) is 1.84. The molecule has 1 unspecified atom stereocenters. The fraction of sp³-hybridized carbons (Fsp3) is 0.889. The Bertz CT molecular complexity index is 149. The van der Waals surface area contributed by atoms with Crippen molar-refractivity contribution in [1.82, 2.24) is 5.32 Å². The molecule has 0 aromatic heterocycles. The number of carboxylic acid groups (broad SMARTS) is 1. The van der Waals surface area contributed by atoms with Crippen molar-refractivity contribution >= 4 is 5.97 Å². The Balaban J connectivity index is 3.51. The summed E-state index contributed by atoms with van der Waals surface area (Å²) in [5.74, 6) is -0.967. The van der Waals surface area contributed by atoms with Crippen molar-refractivity contribution in [3.05, 3.63) is 0 Å². The Kier molecular flexibility index (Phi) is 4.24. The first-order chi connectivity index (χ1) is 5.33. The summed E-state index contributed by atoms with van der Waals surface area (Å²) in [5, 5.41) is 11.8. The van der Waals surface area contributed by atoms with Gasteiger partial charge in [-0.2, -0.15) is 0 Å². The minimum absolute atomic E-state index is 0.0816. The van der Waals surface area contributed by atoms with Crippen LogP contribution in [0, 0.1) is 5.92 Å². The number of aliphatic carboxylic acids is 1. The molecule has 0 fully saturated rings. The zero-order valence-corrected chi connectivity index (χ0v) is 8.35. The summed E-state index contributed by atoms with van der Waals surface area (Å²) in [6.07, 6.45) is 0.687. The number of rotatable bonds is 4. The second-order valence-corrected chi connectivity index (χ2v) is 4.20. The van der Waals surface area contributed by atoms with Crippen molar-refractivity contribution in [2.45, 2.75) is 39.7 Å². The maximum absolute atomic E-state index is 10.4. The maximum Gasteiger partial charge on any atom is 0.306 e. The molecule has 2 N–H and O–H groups in total. The molecule has 0 rings (SSSR count). The Morgan fingerprint density at radius 3 is 2.33 bits per heavy atom. The molecule has 0 aromatic carbocycles. The van der Waals surface area contributed by atoms with Gasteiger partial charge in [-0.15, -0.1) is 0 Å². The van der Waals surface area contributed by atoms with E-state index in [1.165, 1.54) is 0 Å². The van der Waals surface area contributed by atoms with Crippen LogP contribution in [-0.2, 0) is 4.79 Å². The second kappa shape index (κ2) is 4.45. The van der Waals surface area contributed by atoms with Crippen LogP contribution in [0.4, 0.5) is 0 Å². The van der Waals surface area contributed by atoms with Crippen LogP contribution in [0.5, 0.6) is 0 Å². The molecule has 3 nitrogen and oxygen atoms in total. The fourth-order valence-electron chi connectivity index (χ4n) is 0.787. The van der Waals surface area contributed by atoms with E-state index in [-0.39, 0.29) is 11.5 Å². The number of carbonyl (C=O) groups is 1. The van der Waals surface area contributed by atoms with E-state index in [0.717, 1.165) is 6.54 Å². The highest BCUT2D eigenvalue weighted by molar-refractivity contribution is 5.69. The van der Waals surface area contributed by atoms with Gasteiger partial charge in [0.1, 0.15) is 0 Å². The van der Waals surface area contributed by atoms with Gasteiger partial charge in [-0.05, 0) is 33.7 Å². The molecule has 0 amide bonds. The normalized spacial score (nSPS) is 14.3. The minimum atomic E-state index is -0.717. The van der Waals surface area contributed by atoms with E-state index in [0.29, 0.717) is 6.42 Å². The lowest BCUT2D eigenvalue weighted by Gasteiger charge is -2.21. The molecule has 12 heavy (non-hydrogen) atoms. The predicted octanol–water partition coefficient (Wildman–Crippen LogP) is 1.49. The van der Waals surface area contributed by atoms with Crippen molar-refractivity contribution in [2.75, 3.05) is 6.54 Å². The molecule has 0 aromatic rings. The SMILES string of the molecule is CC(CCNC(C)(C)C)C(=O)O. The van der Waals surface area contributed by atoms with Gasteiger partial charge >= 0.3 is 5.97 Å². The lowest BCUT2D eigenvalue weighted by atomic mass is 10.1. The van der Waals surface area contributed by atoms with Gasteiger partial charge in [0.2, 0.25) is 0 Å². The summed E-state index contributed by atoms with van der Waals surface area (Å²) in [6.45, 7) is 8.69. The van der Waals surface area contributed by atoms with Gasteiger partial charge in [0.15, 0.2) is 0 Å². The van der Waals surface area contributed by atoms with Crippen molar-refractivity contribution < 1.29 is 9.90 Å². The molecule has 0 saturated carbocycles. The predicted molar refractivity (Wildman–Crippen MR) is 49.2 cm³/mol. The molecule has 0 aliphatic rings. The van der Waals surface area contributed by atoms with Crippen LogP contribution >= 0.6 is 0 Å². The first-order valence-corrected chi connectivity index (χ1v) is 4.31. The van der Waals surface area contributed by atoms with E-state index in [2.05, 4.69) is 26.1 Å². The van der Waals surface area contributed by atoms with Gasteiger partial charge in [-0.1, -0.05) is 6.92 Å². The van der Waals surface area contributed by atoms with Crippen LogP contribution in [0.25, 0.3) is 0 Å². The number of hydrogen-bond acceptors (Lipinski definition) is 2. The molecule has 3 heteroatoms. The molecular formula is C9H19NO2. The van der Waals surface area contributed by atoms with Gasteiger partial charge in [0.05, 0.1) is 5.92 Å². The molecular weight excluding hydrogens is 154 g/mol. The molecule has 0 aliphatic carbocycles. The summed E-state index contributed by atoms with van der Waals surface area (Å²) in [7, 11) is 0. The molecule has 0 bridgehead atoms. The first-order valence-electron chi connectivity index (χ1n) is 4.31. The Morgan fingerprint density at radius 1 is 1.50 bits per heavy atom. The number of carboxylic acids is 1. The summed E-state index contributed by atoms with van der Waals surface area (Å²) in [4.78, 5) is 10.4. The Hall–Kier alpha value is -0.570. The fourth-order valence-corrected chi connectivity index (χ4v) is 0.787. The monoisotopic (exact) mass is 173 g/mol. The molecule has 0 saturated heterocycles. The van der Waals surface area contributed by atoms with E-state index >= 15 is 0 Å². The van der Waals surface area contributed by atoms with Gasteiger partial charge in [0, 0.05) is 5.54 Å². The van der Waals surface area contributed by atoms with Gasteiger partial charge < -0.3 is 10.4 Å². The van der Waals surface area contributed by atoms with Crippen LogP contribution in [-0.4, -0.2) is 23.2 Å². The van der Waals surface area contributed by atoms with E-state index in [4.69, 9.17) is 5.11 Å². The lowest BCUT2D eigenvalue weighted by molar-refractivity contribution is -0.141. The summed E-state index contributed by atoms with van der Waals surface area (Å²) in [6, 6.07) is 0. The van der Waals surface area contributed by atoms with Crippen LogP contribution < -0.4 is 5.32 Å². The molecule has 0 spiro atoms. The zero-order valence-electron chi connectivity index (χ0n) is 8.35. The van der Waals surface area contributed by atoms with Gasteiger partial charge in [0.25, 0.3) is 0 Å². The summed E-state index contributed by atoms with van der Waals surface area (Å²) in [5.41, 5.74) is 0.0816. The Morgan fingerprint density at radius 2 is 2.00 bits per heavy atom. The van der Waals surface area contributed by atoms with Gasteiger partial charge in [-0.25, -0.2) is 0 Å². The third kappa shape index (κ3) is 6.16. The quantitative estimate of drug-likeness (QED) is 0.677. The topological polar surface area (TPSA) is 49.3 Å². The molecule has 0 heterocycles. The third-order valence-corrected chi connectivity index (χ3v) is 1.65. The van der Waals surface area contributed by atoms with Crippen molar-refractivity contribution in [2.24, 2.45) is 5.92 Å². The standard InChI is InChI=1S/C9H19NO2/c1-7(8(11)12)5-6-10-9(2,3)4/h7,10H,5-6H2,1-4H3,(H,11,12). The van der Waals surface area contributed by atoms with E-state index in [1.54, 1.807) is 6.92 Å². The van der Waals surface area contributed by atoms with E-state index < -0.39 is 5.97 Å². The van der Waals surface area contributed by atoms with Crippen LogP contribution in [0.2, 0.25) is 0 Å². The second-order valence-electron chi connectivity index (χ2n) is 4.20. The summed E-state index contributed by atoms with van der Waals surface area (Å²) >= 11 is 0. The van der Waals surface area contributed by atoms with Crippen LogP contribution in [0.1, 0.15) is 34.1 Å². The highest BCUT2D eigenvalue weighted by atomic mass is 16.4. The first kappa shape index (κ1) is 11.4. The highest BCUT2D eigenvalue weighted by Gasteiger charge is 2.12. The van der Waals surface area contributed by atoms with Crippen LogP contribution in [0.3, 0.4) is 0 Å². The number of nitrogens with one attached hydrogen (secondary N) is 1. The number of hydrogen-bond donors (Lipinski definition) is 2. The minimum Gasteiger partial charge on any atom is -0.481 e. The smallest absolute Gasteiger partial charge is 0.306 e. The highest BCUT2D eigenvalue weighted by Crippen LogP contribution is 2.03. The maximum atomic E-state index is 10.4. The van der Waals surface area contributed by atoms with Crippen molar-refractivity contribution in [3.8, 4) is 0 Å². The van der Waals surface area contributed by atoms with Gasteiger partial charge in [-0.3, -0.25) is 4.79 Å². The average molecular weight is 173 g/mol. The summed E-state index contributed by atoms with van der Waals surface area (Å²) < 4.78 is 0. The Labute approximate surface area is 74.2 Å². The molecule has 0 radical (unpaired) electrons. The van der Waals surface area contributed by atoms with Crippen molar-refractivity contribution in [3.63, 3.8) is 0 Å². The molecule has 0 aliphatic heterocycles.